The van der Waals surface area contributed by atoms with Crippen molar-refractivity contribution >= 4 is 11.9 Å². The van der Waals surface area contributed by atoms with E-state index in [1.54, 1.807) is 33.8 Å². The molecule has 0 atom stereocenters. The van der Waals surface area contributed by atoms with Gasteiger partial charge in [-0.05, 0) is 33.8 Å². The first kappa shape index (κ1) is 13.2. The number of aromatic nitrogens is 2. The van der Waals surface area contributed by atoms with Gasteiger partial charge in [-0.25, -0.2) is 9.48 Å². The molecule has 1 heterocycles. The highest BCUT2D eigenvalue weighted by molar-refractivity contribution is 5.98. The summed E-state index contributed by atoms with van der Waals surface area (Å²) in [6.45, 7) is 7.14. The van der Waals surface area contributed by atoms with Gasteiger partial charge in [0, 0.05) is 17.3 Å². The van der Waals surface area contributed by atoms with Crippen LogP contribution in [0.25, 0.3) is 0 Å². The zero-order valence-electron chi connectivity index (χ0n) is 10.5. The molecule has 0 unspecified atom stereocenters. The summed E-state index contributed by atoms with van der Waals surface area (Å²) >= 11 is 0. The topological polar surface area (TPSA) is 61.2 Å². The molecular formula is C12H16N2O3. The molecule has 0 radical (unpaired) electrons. The number of rotatable bonds is 3. The van der Waals surface area contributed by atoms with Crippen LogP contribution in [0.5, 0.6) is 0 Å². The van der Waals surface area contributed by atoms with E-state index in [0.29, 0.717) is 0 Å². The van der Waals surface area contributed by atoms with Gasteiger partial charge in [0.25, 0.3) is 5.91 Å². The molecule has 92 valence electrons. The number of hydrogen-bond acceptors (Lipinski definition) is 4. The molecule has 0 fully saturated rings. The van der Waals surface area contributed by atoms with Crippen LogP contribution in [0.2, 0.25) is 0 Å². The van der Waals surface area contributed by atoms with Gasteiger partial charge in [0.15, 0.2) is 0 Å². The maximum atomic E-state index is 11.8. The Bertz CT molecular complexity index is 472. The summed E-state index contributed by atoms with van der Waals surface area (Å²) in [5.74, 6) is -0.830. The van der Waals surface area contributed by atoms with E-state index in [-0.39, 0.29) is 18.1 Å². The van der Waals surface area contributed by atoms with Crippen LogP contribution >= 0.6 is 0 Å². The van der Waals surface area contributed by atoms with Gasteiger partial charge in [0.1, 0.15) is 0 Å². The van der Waals surface area contributed by atoms with Gasteiger partial charge in [-0.1, -0.05) is 0 Å². The molecule has 0 amide bonds. The van der Waals surface area contributed by atoms with Crippen LogP contribution in [-0.4, -0.2) is 28.3 Å². The number of ether oxygens (including phenoxy) is 1. The van der Waals surface area contributed by atoms with E-state index in [9.17, 15) is 9.59 Å². The molecule has 1 rings (SSSR count). The second kappa shape index (κ2) is 5.43. The predicted molar refractivity (Wildman–Crippen MR) is 62.7 cm³/mol. The Morgan fingerprint density at radius 1 is 1.47 bits per heavy atom. The summed E-state index contributed by atoms with van der Waals surface area (Å²) in [5, 5.41) is 4.04. The first-order valence-electron chi connectivity index (χ1n) is 5.38. The Morgan fingerprint density at radius 2 is 2.12 bits per heavy atom. The number of hydrogen-bond donors (Lipinski definition) is 0. The van der Waals surface area contributed by atoms with Crippen LogP contribution < -0.4 is 0 Å². The first-order chi connectivity index (χ1) is 7.95. The molecule has 17 heavy (non-hydrogen) atoms. The number of aryl methyl sites for hydroxylation is 2. The van der Waals surface area contributed by atoms with Crippen molar-refractivity contribution in [1.29, 1.82) is 0 Å². The summed E-state index contributed by atoms with van der Waals surface area (Å²) in [6, 6.07) is 1.80. The van der Waals surface area contributed by atoms with Gasteiger partial charge in [-0.3, -0.25) is 4.79 Å². The maximum absolute atomic E-state index is 11.8. The number of carbonyl (C=O) groups excluding carboxylic acids is 2. The highest BCUT2D eigenvalue weighted by Crippen LogP contribution is 2.04. The van der Waals surface area contributed by atoms with Crippen molar-refractivity contribution < 1.29 is 14.3 Å². The molecule has 0 aliphatic heterocycles. The standard InChI is InChI=1S/C12H16N2O3/c1-5-17-12(16)8(2)6-11(15)14-10(4)7-9(3)13-14/h6-7H,5H2,1-4H3/b8-6+. The highest BCUT2D eigenvalue weighted by Gasteiger charge is 2.11. The van der Waals surface area contributed by atoms with Crippen LogP contribution in [0.3, 0.4) is 0 Å². The average molecular weight is 236 g/mol. The molecule has 0 bridgehead atoms. The zero-order chi connectivity index (χ0) is 13.0. The van der Waals surface area contributed by atoms with Gasteiger partial charge in [0.2, 0.25) is 0 Å². The monoisotopic (exact) mass is 236 g/mol. The number of carbonyl (C=O) groups is 2. The van der Waals surface area contributed by atoms with E-state index in [1.807, 2.05) is 0 Å². The number of esters is 1. The molecule has 1 aromatic heterocycles. The van der Waals surface area contributed by atoms with Crippen LogP contribution in [0, 0.1) is 13.8 Å². The fourth-order valence-corrected chi connectivity index (χ4v) is 1.40. The quantitative estimate of drug-likeness (QED) is 0.591. The fraction of sp³-hybridized carbons (Fsp3) is 0.417. The van der Waals surface area contributed by atoms with Crippen LogP contribution in [0.4, 0.5) is 0 Å². The Morgan fingerprint density at radius 3 is 2.59 bits per heavy atom. The van der Waals surface area contributed by atoms with Gasteiger partial charge in [0.05, 0.1) is 12.3 Å². The third-order valence-electron chi connectivity index (χ3n) is 2.16. The van der Waals surface area contributed by atoms with E-state index in [4.69, 9.17) is 4.74 Å². The molecule has 0 aliphatic rings. The van der Waals surface area contributed by atoms with Gasteiger partial charge in [-0.15, -0.1) is 0 Å². The SMILES string of the molecule is CCOC(=O)/C(C)=C/C(=O)n1nc(C)cc1C. The van der Waals surface area contributed by atoms with Crippen molar-refractivity contribution in [1.82, 2.24) is 9.78 Å². The third-order valence-corrected chi connectivity index (χ3v) is 2.16. The fourth-order valence-electron chi connectivity index (χ4n) is 1.40. The van der Waals surface area contributed by atoms with Crippen LogP contribution in [0.15, 0.2) is 17.7 Å². The van der Waals surface area contributed by atoms with Crippen molar-refractivity contribution in [2.45, 2.75) is 27.7 Å². The average Bonchev–Trinajstić information content (AvgIpc) is 2.58. The predicted octanol–water partition coefficient (Wildman–Crippen LogP) is 1.65. The molecule has 1 aromatic rings. The molecule has 5 nitrogen and oxygen atoms in total. The molecule has 5 heteroatoms. The van der Waals surface area contributed by atoms with Gasteiger partial charge in [-0.2, -0.15) is 5.10 Å². The van der Waals surface area contributed by atoms with E-state index >= 15 is 0 Å². The minimum Gasteiger partial charge on any atom is -0.463 e. The van der Waals surface area contributed by atoms with Crippen LogP contribution in [0.1, 0.15) is 30.0 Å². The summed E-state index contributed by atoms with van der Waals surface area (Å²) < 4.78 is 6.05. The molecule has 0 spiro atoms. The normalized spacial score (nSPS) is 11.4. The van der Waals surface area contributed by atoms with Crippen molar-refractivity contribution in [2.75, 3.05) is 6.61 Å². The lowest BCUT2D eigenvalue weighted by Gasteiger charge is -2.02. The Kier molecular flexibility index (Phi) is 4.20. The minimum atomic E-state index is -0.484. The molecular weight excluding hydrogens is 220 g/mol. The molecule has 0 aliphatic carbocycles. The lowest BCUT2D eigenvalue weighted by molar-refractivity contribution is -0.138. The highest BCUT2D eigenvalue weighted by atomic mass is 16.5. The van der Waals surface area contributed by atoms with Gasteiger partial charge >= 0.3 is 5.97 Å². The van der Waals surface area contributed by atoms with E-state index in [2.05, 4.69) is 5.10 Å². The second-order valence-electron chi connectivity index (χ2n) is 3.72. The maximum Gasteiger partial charge on any atom is 0.333 e. The van der Waals surface area contributed by atoms with Crippen LogP contribution in [-0.2, 0) is 9.53 Å². The Labute approximate surface area is 100 Å². The zero-order valence-corrected chi connectivity index (χ0v) is 10.5. The molecule has 0 N–H and O–H groups in total. The molecule has 0 saturated carbocycles. The van der Waals surface area contributed by atoms with Crippen molar-refractivity contribution in [3.05, 3.63) is 29.1 Å². The lowest BCUT2D eigenvalue weighted by atomic mass is 10.3. The number of nitrogens with zero attached hydrogens (tertiary/aromatic N) is 2. The minimum absolute atomic E-state index is 0.268. The van der Waals surface area contributed by atoms with E-state index in [1.165, 1.54) is 10.8 Å². The van der Waals surface area contributed by atoms with E-state index < -0.39 is 5.97 Å². The van der Waals surface area contributed by atoms with Gasteiger partial charge < -0.3 is 4.74 Å². The largest absolute Gasteiger partial charge is 0.463 e. The smallest absolute Gasteiger partial charge is 0.333 e. The molecule has 0 saturated heterocycles. The number of allylic oxidation sites excluding steroid dienone is 1. The molecule has 0 aromatic carbocycles. The second-order valence-corrected chi connectivity index (χ2v) is 3.72. The summed E-state index contributed by atoms with van der Waals surface area (Å²) in [5.41, 5.74) is 1.77. The van der Waals surface area contributed by atoms with E-state index in [0.717, 1.165) is 11.4 Å². The summed E-state index contributed by atoms with van der Waals surface area (Å²) in [7, 11) is 0. The Balaban J connectivity index is 2.88. The van der Waals surface area contributed by atoms with Crippen molar-refractivity contribution in [3.63, 3.8) is 0 Å². The van der Waals surface area contributed by atoms with Crippen molar-refractivity contribution in [2.24, 2.45) is 0 Å². The first-order valence-corrected chi connectivity index (χ1v) is 5.38. The summed E-state index contributed by atoms with van der Waals surface area (Å²) in [6.07, 6.45) is 1.23. The summed E-state index contributed by atoms with van der Waals surface area (Å²) in [4.78, 5) is 23.1. The lowest BCUT2D eigenvalue weighted by Crippen LogP contribution is -2.14. The Hall–Kier alpha value is -1.91. The third kappa shape index (κ3) is 3.27. The van der Waals surface area contributed by atoms with Crippen molar-refractivity contribution in [3.8, 4) is 0 Å².